The molecule has 112 valence electrons. The summed E-state index contributed by atoms with van der Waals surface area (Å²) < 4.78 is 29.1. The van der Waals surface area contributed by atoms with Gasteiger partial charge in [0.1, 0.15) is 11.5 Å². The van der Waals surface area contributed by atoms with Crippen LogP contribution >= 0.6 is 27.5 Å². The summed E-state index contributed by atoms with van der Waals surface area (Å²) in [5.41, 5.74) is 1.61. The maximum atomic E-state index is 12.1. The number of alkyl halides is 2. The number of rotatable bonds is 5. The fraction of sp³-hybridized carbons (Fsp3) is 0.143. The third-order valence-corrected chi connectivity index (χ3v) is 3.59. The van der Waals surface area contributed by atoms with E-state index in [1.807, 2.05) is 0 Å². The number of hydrogen-bond donors (Lipinski definition) is 2. The van der Waals surface area contributed by atoms with E-state index in [-0.39, 0.29) is 16.5 Å². The van der Waals surface area contributed by atoms with Crippen molar-refractivity contribution >= 4 is 33.2 Å². The lowest BCUT2D eigenvalue weighted by atomic mass is 10.2. The van der Waals surface area contributed by atoms with E-state index >= 15 is 0 Å². The van der Waals surface area contributed by atoms with Gasteiger partial charge in [-0.1, -0.05) is 17.7 Å². The Balaban J connectivity index is 2.03. The molecule has 0 atom stereocenters. The van der Waals surface area contributed by atoms with Crippen LogP contribution in [0.1, 0.15) is 5.56 Å². The van der Waals surface area contributed by atoms with E-state index in [1.54, 1.807) is 24.3 Å². The molecule has 3 nitrogen and oxygen atoms in total. The summed E-state index contributed by atoms with van der Waals surface area (Å²) in [6.07, 6.45) is 0. The molecule has 0 unspecified atom stereocenters. The number of hydrogen-bond acceptors (Lipinski definition) is 3. The third kappa shape index (κ3) is 4.47. The van der Waals surface area contributed by atoms with E-state index in [9.17, 15) is 13.9 Å². The fourth-order valence-electron chi connectivity index (χ4n) is 1.67. The summed E-state index contributed by atoms with van der Waals surface area (Å²) in [6.45, 7) is -2.42. The first kappa shape index (κ1) is 15.9. The minimum absolute atomic E-state index is 0.0652. The van der Waals surface area contributed by atoms with Crippen molar-refractivity contribution < 1.29 is 18.6 Å². The molecule has 0 spiro atoms. The largest absolute Gasteiger partial charge is 0.507 e. The molecule has 2 N–H and O–H groups in total. The number of ether oxygens (including phenoxy) is 1. The third-order valence-electron chi connectivity index (χ3n) is 2.66. The monoisotopic (exact) mass is 377 g/mol. The molecule has 0 aliphatic heterocycles. The molecule has 0 aromatic heterocycles. The molecule has 2 aromatic carbocycles. The highest BCUT2D eigenvalue weighted by molar-refractivity contribution is 9.10. The van der Waals surface area contributed by atoms with Gasteiger partial charge in [0, 0.05) is 12.2 Å². The van der Waals surface area contributed by atoms with Crippen LogP contribution in [0.25, 0.3) is 0 Å². The summed E-state index contributed by atoms with van der Waals surface area (Å²) in [7, 11) is 0. The average molecular weight is 379 g/mol. The van der Waals surface area contributed by atoms with Gasteiger partial charge in [0.25, 0.3) is 0 Å². The molecule has 0 bridgehead atoms. The predicted molar refractivity (Wildman–Crippen MR) is 81.2 cm³/mol. The average Bonchev–Trinajstić information content (AvgIpc) is 2.42. The lowest BCUT2D eigenvalue weighted by Crippen LogP contribution is -2.03. The van der Waals surface area contributed by atoms with Crippen molar-refractivity contribution in [3.63, 3.8) is 0 Å². The molecule has 0 heterocycles. The van der Waals surface area contributed by atoms with Crippen LogP contribution in [0.5, 0.6) is 11.5 Å². The number of aromatic hydroxyl groups is 1. The number of anilines is 1. The first-order valence-electron chi connectivity index (χ1n) is 5.91. The van der Waals surface area contributed by atoms with Crippen LogP contribution in [0.3, 0.4) is 0 Å². The minimum atomic E-state index is -2.91. The molecule has 7 heteroatoms. The van der Waals surface area contributed by atoms with Gasteiger partial charge in [0.2, 0.25) is 0 Å². The Labute approximate surface area is 133 Å². The quantitative estimate of drug-likeness (QED) is 0.767. The second-order valence-electron chi connectivity index (χ2n) is 4.16. The van der Waals surface area contributed by atoms with Crippen molar-refractivity contribution in [3.05, 3.63) is 51.5 Å². The first-order chi connectivity index (χ1) is 9.95. The van der Waals surface area contributed by atoms with E-state index < -0.39 is 6.61 Å². The Kier molecular flexibility index (Phi) is 5.25. The molecule has 21 heavy (non-hydrogen) atoms. The Bertz CT molecular complexity index is 640. The van der Waals surface area contributed by atoms with E-state index in [1.165, 1.54) is 12.1 Å². The summed E-state index contributed by atoms with van der Waals surface area (Å²) >= 11 is 9.09. The van der Waals surface area contributed by atoms with Crippen molar-refractivity contribution in [3.8, 4) is 11.5 Å². The highest BCUT2D eigenvalue weighted by Gasteiger charge is 2.09. The Morgan fingerprint density at radius 3 is 2.62 bits per heavy atom. The fourth-order valence-corrected chi connectivity index (χ4v) is 2.32. The van der Waals surface area contributed by atoms with Crippen molar-refractivity contribution in [2.75, 3.05) is 5.32 Å². The summed E-state index contributed by atoms with van der Waals surface area (Å²) in [5, 5.41) is 12.6. The van der Waals surface area contributed by atoms with Gasteiger partial charge < -0.3 is 15.2 Å². The molecule has 0 aliphatic rings. The molecule has 0 fully saturated rings. The van der Waals surface area contributed by atoms with Gasteiger partial charge in [-0.15, -0.1) is 0 Å². The molecular weight excluding hydrogens is 368 g/mol. The van der Waals surface area contributed by atoms with Crippen molar-refractivity contribution in [1.82, 2.24) is 0 Å². The zero-order valence-electron chi connectivity index (χ0n) is 10.6. The molecule has 2 aromatic rings. The normalized spacial score (nSPS) is 10.7. The minimum Gasteiger partial charge on any atom is -0.507 e. The Hall–Kier alpha value is -1.53. The molecule has 0 amide bonds. The first-order valence-corrected chi connectivity index (χ1v) is 7.08. The smallest absolute Gasteiger partial charge is 0.387 e. The SMILES string of the molecule is Oc1ccc(CNc2ccc(OC(F)F)c(Cl)c2)cc1Br. The van der Waals surface area contributed by atoms with Crippen LogP contribution in [0.15, 0.2) is 40.9 Å². The maximum absolute atomic E-state index is 12.1. The van der Waals surface area contributed by atoms with Gasteiger partial charge in [0.15, 0.2) is 0 Å². The van der Waals surface area contributed by atoms with Gasteiger partial charge >= 0.3 is 6.61 Å². The Morgan fingerprint density at radius 2 is 2.00 bits per heavy atom. The van der Waals surface area contributed by atoms with Crippen LogP contribution < -0.4 is 10.1 Å². The van der Waals surface area contributed by atoms with Gasteiger partial charge in [-0.2, -0.15) is 8.78 Å². The standard InChI is InChI=1S/C14H11BrClF2NO2/c15-10-5-8(1-3-12(10)20)7-19-9-2-4-13(11(16)6-9)21-14(17)18/h1-6,14,19-20H,7H2. The van der Waals surface area contributed by atoms with Crippen molar-refractivity contribution in [2.45, 2.75) is 13.2 Å². The van der Waals surface area contributed by atoms with Crippen molar-refractivity contribution in [1.29, 1.82) is 0 Å². The molecule has 2 rings (SSSR count). The second kappa shape index (κ2) is 6.95. The summed E-state index contributed by atoms with van der Waals surface area (Å²) in [4.78, 5) is 0. The number of halogens is 4. The van der Waals surface area contributed by atoms with Gasteiger partial charge in [-0.05, 0) is 51.8 Å². The van der Waals surface area contributed by atoms with E-state index in [2.05, 4.69) is 26.0 Å². The van der Waals surface area contributed by atoms with Gasteiger partial charge in [-0.25, -0.2) is 0 Å². The summed E-state index contributed by atoms with van der Waals surface area (Å²) in [6, 6.07) is 9.60. The number of phenols is 1. The molecule has 0 saturated carbocycles. The van der Waals surface area contributed by atoms with Crippen LogP contribution in [0.2, 0.25) is 5.02 Å². The van der Waals surface area contributed by atoms with Crippen LogP contribution in [0.4, 0.5) is 14.5 Å². The lowest BCUT2D eigenvalue weighted by Gasteiger charge is -2.11. The molecule has 0 aliphatic carbocycles. The van der Waals surface area contributed by atoms with Gasteiger partial charge in [0.05, 0.1) is 9.50 Å². The summed E-state index contributed by atoms with van der Waals surface area (Å²) in [5.74, 6) is 0.0971. The van der Waals surface area contributed by atoms with Crippen LogP contribution in [-0.4, -0.2) is 11.7 Å². The zero-order valence-corrected chi connectivity index (χ0v) is 13.0. The van der Waals surface area contributed by atoms with E-state index in [0.29, 0.717) is 16.7 Å². The van der Waals surface area contributed by atoms with E-state index in [0.717, 1.165) is 5.56 Å². The second-order valence-corrected chi connectivity index (χ2v) is 5.42. The van der Waals surface area contributed by atoms with Crippen LogP contribution in [0, 0.1) is 0 Å². The van der Waals surface area contributed by atoms with E-state index in [4.69, 9.17) is 11.6 Å². The predicted octanol–water partition coefficient (Wildman–Crippen LogP) is 5.02. The lowest BCUT2D eigenvalue weighted by molar-refractivity contribution is -0.0497. The highest BCUT2D eigenvalue weighted by atomic mass is 79.9. The molecule has 0 radical (unpaired) electrons. The van der Waals surface area contributed by atoms with Crippen LogP contribution in [-0.2, 0) is 6.54 Å². The number of nitrogens with one attached hydrogen (secondary N) is 1. The van der Waals surface area contributed by atoms with Crippen molar-refractivity contribution in [2.24, 2.45) is 0 Å². The molecular formula is C14H11BrClF2NO2. The molecule has 0 saturated heterocycles. The van der Waals surface area contributed by atoms with Gasteiger partial charge in [-0.3, -0.25) is 0 Å². The number of phenolic OH excluding ortho intramolecular Hbond substituents is 1. The Morgan fingerprint density at radius 1 is 1.24 bits per heavy atom. The topological polar surface area (TPSA) is 41.5 Å². The highest BCUT2D eigenvalue weighted by Crippen LogP contribution is 2.29. The maximum Gasteiger partial charge on any atom is 0.387 e. The number of benzene rings is 2. The zero-order chi connectivity index (χ0) is 15.4.